The summed E-state index contributed by atoms with van der Waals surface area (Å²) in [5.74, 6) is -0.322. The summed E-state index contributed by atoms with van der Waals surface area (Å²) < 4.78 is 0. The quantitative estimate of drug-likeness (QED) is 0.879. The van der Waals surface area contributed by atoms with Crippen LogP contribution in [0.1, 0.15) is 34.3 Å². The standard InChI is InChI=1S/C20H22N2O3/c23-19(7-6-15-4-2-9-21-13-15)22-10-8-17(14-22)11-16-3-1-5-18(12-16)20(24)25/h1-5,9,12-13,17H,6-8,10-11,14H2,(H,24,25)/t17-/m1/s1. The summed E-state index contributed by atoms with van der Waals surface area (Å²) in [7, 11) is 0. The van der Waals surface area contributed by atoms with E-state index in [1.807, 2.05) is 23.1 Å². The Labute approximate surface area is 147 Å². The molecule has 1 fully saturated rings. The van der Waals surface area contributed by atoms with Crippen molar-refractivity contribution in [3.05, 3.63) is 65.5 Å². The third-order valence-electron chi connectivity index (χ3n) is 4.69. The number of carbonyl (C=O) groups excluding carboxylic acids is 1. The van der Waals surface area contributed by atoms with E-state index in [1.54, 1.807) is 30.6 Å². The van der Waals surface area contributed by atoms with Crippen molar-refractivity contribution in [3.8, 4) is 0 Å². The number of rotatable bonds is 6. The zero-order chi connectivity index (χ0) is 17.6. The lowest BCUT2D eigenvalue weighted by atomic mass is 9.97. The van der Waals surface area contributed by atoms with Gasteiger partial charge in [0, 0.05) is 31.9 Å². The number of aromatic carboxylic acids is 1. The van der Waals surface area contributed by atoms with E-state index in [4.69, 9.17) is 5.11 Å². The van der Waals surface area contributed by atoms with Gasteiger partial charge in [0.05, 0.1) is 5.56 Å². The predicted molar refractivity (Wildman–Crippen MR) is 94.4 cm³/mol. The van der Waals surface area contributed by atoms with E-state index in [1.165, 1.54) is 0 Å². The van der Waals surface area contributed by atoms with Crippen molar-refractivity contribution < 1.29 is 14.7 Å². The van der Waals surface area contributed by atoms with Gasteiger partial charge in [-0.15, -0.1) is 0 Å². The van der Waals surface area contributed by atoms with Gasteiger partial charge in [-0.2, -0.15) is 0 Å². The molecule has 1 aromatic heterocycles. The van der Waals surface area contributed by atoms with Crippen molar-refractivity contribution in [2.75, 3.05) is 13.1 Å². The molecule has 3 rings (SSSR count). The Hall–Kier alpha value is -2.69. The molecule has 25 heavy (non-hydrogen) atoms. The third kappa shape index (κ3) is 4.66. The number of carboxylic acid groups (broad SMARTS) is 1. The highest BCUT2D eigenvalue weighted by atomic mass is 16.4. The van der Waals surface area contributed by atoms with Crippen molar-refractivity contribution in [1.29, 1.82) is 0 Å². The number of hydrogen-bond acceptors (Lipinski definition) is 3. The molecule has 130 valence electrons. The molecule has 0 spiro atoms. The Balaban J connectivity index is 1.50. The van der Waals surface area contributed by atoms with Crippen LogP contribution in [-0.4, -0.2) is 40.0 Å². The Morgan fingerprint density at radius 1 is 1.20 bits per heavy atom. The largest absolute Gasteiger partial charge is 0.478 e. The van der Waals surface area contributed by atoms with Crippen LogP contribution in [0.15, 0.2) is 48.8 Å². The van der Waals surface area contributed by atoms with E-state index < -0.39 is 5.97 Å². The van der Waals surface area contributed by atoms with Crippen LogP contribution in [-0.2, 0) is 17.6 Å². The third-order valence-corrected chi connectivity index (χ3v) is 4.69. The average molecular weight is 338 g/mol. The van der Waals surface area contributed by atoms with Crippen molar-refractivity contribution >= 4 is 11.9 Å². The normalized spacial score (nSPS) is 16.8. The predicted octanol–water partition coefficient (Wildman–Crippen LogP) is 2.80. The monoisotopic (exact) mass is 338 g/mol. The van der Waals surface area contributed by atoms with Crippen molar-refractivity contribution in [2.45, 2.75) is 25.7 Å². The van der Waals surface area contributed by atoms with Crippen LogP contribution in [0.3, 0.4) is 0 Å². The molecule has 0 saturated carbocycles. The van der Waals surface area contributed by atoms with Crippen LogP contribution in [0.2, 0.25) is 0 Å². The summed E-state index contributed by atoms with van der Waals surface area (Å²) in [4.78, 5) is 29.5. The molecular formula is C20H22N2O3. The molecule has 1 aliphatic rings. The number of hydrogen-bond donors (Lipinski definition) is 1. The van der Waals surface area contributed by atoms with E-state index in [-0.39, 0.29) is 5.91 Å². The molecule has 5 nitrogen and oxygen atoms in total. The maximum atomic E-state index is 12.4. The smallest absolute Gasteiger partial charge is 0.335 e. The van der Waals surface area contributed by atoms with Crippen LogP contribution in [0.4, 0.5) is 0 Å². The van der Waals surface area contributed by atoms with Gasteiger partial charge in [-0.3, -0.25) is 9.78 Å². The number of amides is 1. The van der Waals surface area contributed by atoms with Gasteiger partial charge in [-0.1, -0.05) is 18.2 Å². The van der Waals surface area contributed by atoms with Gasteiger partial charge in [0.25, 0.3) is 0 Å². The van der Waals surface area contributed by atoms with Gasteiger partial charge in [-0.05, 0) is 54.5 Å². The van der Waals surface area contributed by atoms with Gasteiger partial charge < -0.3 is 10.0 Å². The van der Waals surface area contributed by atoms with Crippen molar-refractivity contribution in [3.63, 3.8) is 0 Å². The number of aromatic nitrogens is 1. The second-order valence-corrected chi connectivity index (χ2v) is 6.57. The molecule has 1 N–H and O–H groups in total. The molecule has 1 amide bonds. The molecule has 1 saturated heterocycles. The highest BCUT2D eigenvalue weighted by Gasteiger charge is 2.26. The number of nitrogens with zero attached hydrogens (tertiary/aromatic N) is 2. The van der Waals surface area contributed by atoms with E-state index in [0.717, 1.165) is 37.1 Å². The minimum atomic E-state index is -0.902. The number of likely N-dealkylation sites (tertiary alicyclic amines) is 1. The van der Waals surface area contributed by atoms with Crippen LogP contribution in [0.5, 0.6) is 0 Å². The van der Waals surface area contributed by atoms with Crippen LogP contribution in [0.25, 0.3) is 0 Å². The molecule has 1 atom stereocenters. The lowest BCUT2D eigenvalue weighted by Crippen LogP contribution is -2.29. The second kappa shape index (κ2) is 7.92. The van der Waals surface area contributed by atoms with Crippen molar-refractivity contribution in [1.82, 2.24) is 9.88 Å². The summed E-state index contributed by atoms with van der Waals surface area (Å²) in [6, 6.07) is 11.0. The minimum absolute atomic E-state index is 0.186. The highest BCUT2D eigenvalue weighted by Crippen LogP contribution is 2.22. The van der Waals surface area contributed by atoms with E-state index in [9.17, 15) is 9.59 Å². The van der Waals surface area contributed by atoms with Gasteiger partial charge in [-0.25, -0.2) is 4.79 Å². The fourth-order valence-corrected chi connectivity index (χ4v) is 3.35. The highest BCUT2D eigenvalue weighted by molar-refractivity contribution is 5.87. The topological polar surface area (TPSA) is 70.5 Å². The number of aryl methyl sites for hydroxylation is 1. The number of pyridine rings is 1. The molecular weight excluding hydrogens is 316 g/mol. The maximum absolute atomic E-state index is 12.4. The zero-order valence-electron chi connectivity index (χ0n) is 14.1. The molecule has 0 bridgehead atoms. The molecule has 0 radical (unpaired) electrons. The maximum Gasteiger partial charge on any atom is 0.335 e. The van der Waals surface area contributed by atoms with Crippen LogP contribution < -0.4 is 0 Å². The first kappa shape index (κ1) is 17.1. The molecule has 0 unspecified atom stereocenters. The first-order chi connectivity index (χ1) is 12.1. The zero-order valence-corrected chi connectivity index (χ0v) is 14.1. The molecule has 2 heterocycles. The van der Waals surface area contributed by atoms with Gasteiger partial charge >= 0.3 is 5.97 Å². The summed E-state index contributed by atoms with van der Waals surface area (Å²) in [5.41, 5.74) is 2.42. The summed E-state index contributed by atoms with van der Waals surface area (Å²) in [5, 5.41) is 9.08. The SMILES string of the molecule is O=C(O)c1cccc(C[C@H]2CCN(C(=O)CCc3cccnc3)C2)c1. The fourth-order valence-electron chi connectivity index (χ4n) is 3.35. The lowest BCUT2D eigenvalue weighted by molar-refractivity contribution is -0.130. The van der Waals surface area contributed by atoms with Crippen molar-refractivity contribution in [2.24, 2.45) is 5.92 Å². The molecule has 1 aliphatic heterocycles. The fraction of sp³-hybridized carbons (Fsp3) is 0.350. The summed E-state index contributed by atoms with van der Waals surface area (Å²) in [6.45, 7) is 1.54. The Morgan fingerprint density at radius 3 is 2.80 bits per heavy atom. The van der Waals surface area contributed by atoms with Gasteiger partial charge in [0.15, 0.2) is 0 Å². The Kier molecular flexibility index (Phi) is 5.43. The van der Waals surface area contributed by atoms with E-state index in [2.05, 4.69) is 4.98 Å². The summed E-state index contributed by atoms with van der Waals surface area (Å²) in [6.07, 6.45) is 6.54. The molecule has 0 aliphatic carbocycles. The average Bonchev–Trinajstić information content (AvgIpc) is 3.09. The van der Waals surface area contributed by atoms with Crippen LogP contribution >= 0.6 is 0 Å². The molecule has 2 aromatic rings. The lowest BCUT2D eigenvalue weighted by Gasteiger charge is -2.16. The summed E-state index contributed by atoms with van der Waals surface area (Å²) >= 11 is 0. The Bertz CT molecular complexity index is 746. The first-order valence-electron chi connectivity index (χ1n) is 8.61. The second-order valence-electron chi connectivity index (χ2n) is 6.57. The van der Waals surface area contributed by atoms with Crippen LogP contribution in [0, 0.1) is 5.92 Å². The Morgan fingerprint density at radius 2 is 2.04 bits per heavy atom. The van der Waals surface area contributed by atoms with E-state index in [0.29, 0.717) is 24.3 Å². The van der Waals surface area contributed by atoms with Gasteiger partial charge in [0.1, 0.15) is 0 Å². The van der Waals surface area contributed by atoms with E-state index >= 15 is 0 Å². The number of carbonyl (C=O) groups is 2. The van der Waals surface area contributed by atoms with Gasteiger partial charge in [0.2, 0.25) is 5.91 Å². The first-order valence-corrected chi connectivity index (χ1v) is 8.61. The number of carboxylic acids is 1. The molecule has 5 heteroatoms. The minimum Gasteiger partial charge on any atom is -0.478 e. The number of benzene rings is 1. The molecule has 1 aromatic carbocycles.